The largest absolute Gasteiger partial charge is 0.494 e. The quantitative estimate of drug-likeness (QED) is 0.297. The van der Waals surface area contributed by atoms with Gasteiger partial charge in [-0.3, -0.25) is 0 Å². The van der Waals surface area contributed by atoms with E-state index in [1.165, 1.54) is 0 Å². The van der Waals surface area contributed by atoms with Gasteiger partial charge in [0.2, 0.25) is 11.7 Å². The maximum atomic E-state index is 12.5. The van der Waals surface area contributed by atoms with Gasteiger partial charge in [-0.2, -0.15) is 4.98 Å². The third kappa shape index (κ3) is 5.73. The molecule has 0 aliphatic rings. The maximum absolute atomic E-state index is 12.5. The zero-order chi connectivity index (χ0) is 22.2. The highest BCUT2D eigenvalue weighted by atomic mass is 32.1. The third-order valence-electron chi connectivity index (χ3n) is 4.70. The molecule has 0 radical (unpaired) electrons. The lowest BCUT2D eigenvalue weighted by Gasteiger charge is -2.11. The van der Waals surface area contributed by atoms with Crippen LogP contribution in [-0.4, -0.2) is 22.8 Å². The number of para-hydroxylation sites is 1. The molecule has 0 aliphatic carbocycles. The van der Waals surface area contributed by atoms with Crippen LogP contribution in [-0.2, 0) is 6.42 Å². The number of hydrogen-bond donors (Lipinski definition) is 2. The highest BCUT2D eigenvalue weighted by Gasteiger charge is 2.13. The average Bonchev–Trinajstić information content (AvgIpc) is 3.49. The minimum absolute atomic E-state index is 0.332. The summed E-state index contributed by atoms with van der Waals surface area (Å²) >= 11 is 1.56. The van der Waals surface area contributed by atoms with Gasteiger partial charge in [0.1, 0.15) is 5.75 Å². The van der Waals surface area contributed by atoms with Crippen molar-refractivity contribution in [2.24, 2.45) is 0 Å². The number of carbonyl (C=O) groups is 1. The van der Waals surface area contributed by atoms with E-state index in [2.05, 4.69) is 27.7 Å². The van der Waals surface area contributed by atoms with Crippen LogP contribution in [0.15, 0.2) is 70.6 Å². The van der Waals surface area contributed by atoms with Gasteiger partial charge >= 0.3 is 6.03 Å². The Hall–Kier alpha value is -3.65. The van der Waals surface area contributed by atoms with E-state index >= 15 is 0 Å². The standard InChI is InChI=1S/C24H24N4O3S/c1-2-3-14-30-19-12-10-18(11-13-19)25-24(29)26-20-8-5-4-7-17(20)16-22-27-23(28-31-22)21-9-6-15-32-21/h4-13,15H,2-3,14,16H2,1H3,(H2,25,26,29). The van der Waals surface area contributed by atoms with Crippen LogP contribution in [0.4, 0.5) is 16.2 Å². The number of aromatic nitrogens is 2. The molecule has 2 aromatic heterocycles. The number of rotatable bonds is 9. The predicted octanol–water partition coefficient (Wildman–Crippen LogP) is 6.21. The summed E-state index contributed by atoms with van der Waals surface area (Å²) in [6.45, 7) is 2.81. The van der Waals surface area contributed by atoms with E-state index in [1.54, 1.807) is 11.3 Å². The van der Waals surface area contributed by atoms with Gasteiger partial charge in [0.05, 0.1) is 17.9 Å². The molecule has 0 saturated carbocycles. The van der Waals surface area contributed by atoms with Crippen LogP contribution in [0.1, 0.15) is 31.2 Å². The molecule has 4 aromatic rings. The van der Waals surface area contributed by atoms with E-state index in [4.69, 9.17) is 9.26 Å². The van der Waals surface area contributed by atoms with Crippen molar-refractivity contribution in [3.05, 3.63) is 77.5 Å². The molecular formula is C24H24N4O3S. The molecule has 2 heterocycles. The molecule has 164 valence electrons. The van der Waals surface area contributed by atoms with Gasteiger partial charge in [-0.05, 0) is 53.8 Å². The smallest absolute Gasteiger partial charge is 0.323 e. The van der Waals surface area contributed by atoms with Crippen LogP contribution in [0.25, 0.3) is 10.7 Å². The maximum Gasteiger partial charge on any atom is 0.323 e. The van der Waals surface area contributed by atoms with Crippen molar-refractivity contribution in [2.75, 3.05) is 17.2 Å². The highest BCUT2D eigenvalue weighted by Crippen LogP contribution is 2.24. The van der Waals surface area contributed by atoms with E-state index in [0.717, 1.165) is 29.0 Å². The normalized spacial score (nSPS) is 10.7. The van der Waals surface area contributed by atoms with E-state index in [9.17, 15) is 4.79 Å². The van der Waals surface area contributed by atoms with Gasteiger partial charge in [-0.1, -0.05) is 42.8 Å². The van der Waals surface area contributed by atoms with Crippen molar-refractivity contribution in [3.8, 4) is 16.5 Å². The van der Waals surface area contributed by atoms with E-state index < -0.39 is 0 Å². The lowest BCUT2D eigenvalue weighted by atomic mass is 10.1. The number of unbranched alkanes of at least 4 members (excludes halogenated alkanes) is 1. The SMILES string of the molecule is CCCCOc1ccc(NC(=O)Nc2ccccc2Cc2nc(-c3cccs3)no2)cc1. The van der Waals surface area contributed by atoms with E-state index in [0.29, 0.717) is 36.1 Å². The summed E-state index contributed by atoms with van der Waals surface area (Å²) in [5.74, 6) is 1.85. The molecule has 32 heavy (non-hydrogen) atoms. The monoisotopic (exact) mass is 448 g/mol. The Morgan fingerprint density at radius 3 is 2.69 bits per heavy atom. The molecular weight excluding hydrogens is 424 g/mol. The van der Waals surface area contributed by atoms with Crippen molar-refractivity contribution in [1.29, 1.82) is 0 Å². The number of carbonyl (C=O) groups excluding carboxylic acids is 1. The van der Waals surface area contributed by atoms with Gasteiger partial charge in [-0.15, -0.1) is 11.3 Å². The number of anilines is 2. The first-order valence-electron chi connectivity index (χ1n) is 10.5. The fourth-order valence-electron chi connectivity index (χ4n) is 3.05. The van der Waals surface area contributed by atoms with Crippen LogP contribution < -0.4 is 15.4 Å². The Kier molecular flexibility index (Phi) is 7.14. The number of thiophene rings is 1. The van der Waals surface area contributed by atoms with Crippen LogP contribution >= 0.6 is 11.3 Å². The Labute approximate surface area is 190 Å². The van der Waals surface area contributed by atoms with Crippen LogP contribution in [0.5, 0.6) is 5.75 Å². The molecule has 0 unspecified atom stereocenters. The van der Waals surface area contributed by atoms with Gasteiger partial charge < -0.3 is 19.9 Å². The van der Waals surface area contributed by atoms with Gasteiger partial charge in [0.15, 0.2) is 0 Å². The number of amides is 2. The molecule has 2 aromatic carbocycles. The van der Waals surface area contributed by atoms with Crippen molar-refractivity contribution in [1.82, 2.24) is 10.1 Å². The van der Waals surface area contributed by atoms with Crippen LogP contribution in [0.3, 0.4) is 0 Å². The predicted molar refractivity (Wildman–Crippen MR) is 126 cm³/mol. The van der Waals surface area contributed by atoms with E-state index in [1.807, 2.05) is 66.0 Å². The van der Waals surface area contributed by atoms with Gasteiger partial charge in [0.25, 0.3) is 0 Å². The fourth-order valence-corrected chi connectivity index (χ4v) is 3.69. The zero-order valence-electron chi connectivity index (χ0n) is 17.7. The van der Waals surface area contributed by atoms with Crippen LogP contribution in [0.2, 0.25) is 0 Å². The molecule has 7 nitrogen and oxygen atoms in total. The summed E-state index contributed by atoms with van der Waals surface area (Å²) in [5, 5.41) is 11.8. The molecule has 0 bridgehead atoms. The van der Waals surface area contributed by atoms with E-state index in [-0.39, 0.29) is 6.03 Å². The molecule has 0 saturated heterocycles. The molecule has 2 amide bonds. The Bertz CT molecular complexity index is 1140. The van der Waals surface area contributed by atoms with Crippen molar-refractivity contribution in [3.63, 3.8) is 0 Å². The second-order valence-corrected chi connectivity index (χ2v) is 8.08. The zero-order valence-corrected chi connectivity index (χ0v) is 18.5. The lowest BCUT2D eigenvalue weighted by Crippen LogP contribution is -2.20. The van der Waals surface area contributed by atoms with Crippen LogP contribution in [0, 0.1) is 0 Å². The second kappa shape index (κ2) is 10.6. The molecule has 0 fully saturated rings. The number of hydrogen-bond acceptors (Lipinski definition) is 6. The van der Waals surface area contributed by atoms with Crippen molar-refractivity contribution in [2.45, 2.75) is 26.2 Å². The first-order chi connectivity index (χ1) is 15.7. The molecule has 4 rings (SSSR count). The molecule has 0 aliphatic heterocycles. The number of nitrogens with zero attached hydrogens (tertiary/aromatic N) is 2. The summed E-state index contributed by atoms with van der Waals surface area (Å²) in [6, 6.07) is 18.4. The van der Waals surface area contributed by atoms with Gasteiger partial charge in [0, 0.05) is 11.4 Å². The number of nitrogens with one attached hydrogen (secondary N) is 2. The fraction of sp³-hybridized carbons (Fsp3) is 0.208. The number of urea groups is 1. The number of ether oxygens (including phenoxy) is 1. The first kappa shape index (κ1) is 21.6. The summed E-state index contributed by atoms with van der Waals surface area (Å²) in [6.07, 6.45) is 2.52. The molecule has 0 atom stereocenters. The molecule has 0 spiro atoms. The Balaban J connectivity index is 1.37. The van der Waals surface area contributed by atoms with Crippen molar-refractivity contribution >= 4 is 28.7 Å². The molecule has 2 N–H and O–H groups in total. The topological polar surface area (TPSA) is 89.3 Å². The second-order valence-electron chi connectivity index (χ2n) is 7.13. The summed E-state index contributed by atoms with van der Waals surface area (Å²) in [5.41, 5.74) is 2.24. The average molecular weight is 449 g/mol. The van der Waals surface area contributed by atoms with Crippen molar-refractivity contribution < 1.29 is 14.1 Å². The highest BCUT2D eigenvalue weighted by molar-refractivity contribution is 7.13. The lowest BCUT2D eigenvalue weighted by molar-refractivity contribution is 0.262. The summed E-state index contributed by atoms with van der Waals surface area (Å²) in [7, 11) is 0. The Morgan fingerprint density at radius 1 is 1.06 bits per heavy atom. The minimum atomic E-state index is -0.332. The number of benzene rings is 2. The summed E-state index contributed by atoms with van der Waals surface area (Å²) < 4.78 is 11.1. The Morgan fingerprint density at radius 2 is 1.91 bits per heavy atom. The minimum Gasteiger partial charge on any atom is -0.494 e. The first-order valence-corrected chi connectivity index (χ1v) is 11.3. The third-order valence-corrected chi connectivity index (χ3v) is 5.56. The van der Waals surface area contributed by atoms with Gasteiger partial charge in [-0.25, -0.2) is 4.79 Å². The molecule has 8 heteroatoms. The summed E-state index contributed by atoms with van der Waals surface area (Å²) in [4.78, 5) is 18.0.